The van der Waals surface area contributed by atoms with E-state index in [0.29, 0.717) is 17.3 Å². The molecular formula is C18H27ClN4O2. The van der Waals surface area contributed by atoms with Gasteiger partial charge in [-0.3, -0.25) is 4.79 Å². The average Bonchev–Trinajstić information content (AvgIpc) is 2.79. The van der Waals surface area contributed by atoms with Crippen molar-refractivity contribution in [2.24, 2.45) is 0 Å². The molecule has 0 aromatic heterocycles. The monoisotopic (exact) mass is 366 g/mol. The Hall–Kier alpha value is -1.79. The van der Waals surface area contributed by atoms with Crippen LogP contribution in [0.25, 0.3) is 0 Å². The van der Waals surface area contributed by atoms with Crippen molar-refractivity contribution in [3.8, 4) is 0 Å². The van der Waals surface area contributed by atoms with Gasteiger partial charge in [-0.25, -0.2) is 4.79 Å². The molecule has 6 nitrogen and oxygen atoms in total. The number of carbonyl (C=O) groups excluding carboxylic acids is 2. The lowest BCUT2D eigenvalue weighted by atomic mass is 10.1. The number of benzene rings is 1. The molecule has 2 aliphatic heterocycles. The lowest BCUT2D eigenvalue weighted by molar-refractivity contribution is 0.0680. The van der Waals surface area contributed by atoms with Gasteiger partial charge in [-0.2, -0.15) is 0 Å². The van der Waals surface area contributed by atoms with E-state index < -0.39 is 0 Å². The first kappa shape index (κ1) is 19.5. The number of amides is 3. The van der Waals surface area contributed by atoms with E-state index in [1.165, 1.54) is 0 Å². The molecule has 3 N–H and O–H groups in total. The van der Waals surface area contributed by atoms with Crippen LogP contribution in [-0.2, 0) is 0 Å². The van der Waals surface area contributed by atoms with Gasteiger partial charge in [0.05, 0.1) is 0 Å². The Bertz CT molecular complexity index is 609. The number of carbonyl (C=O) groups is 2. The molecule has 138 valence electrons. The highest BCUT2D eigenvalue weighted by atomic mass is 35.5. The SMILES string of the molecule is CC(C)NC(=O)Nc1cccc(C(=O)N2C3CCNCC2CC3)c1.Cl. The van der Waals surface area contributed by atoms with Gasteiger partial charge in [0.25, 0.3) is 5.91 Å². The molecule has 2 fully saturated rings. The number of nitrogens with one attached hydrogen (secondary N) is 3. The first-order valence-corrected chi connectivity index (χ1v) is 8.75. The summed E-state index contributed by atoms with van der Waals surface area (Å²) in [7, 11) is 0. The van der Waals surface area contributed by atoms with E-state index in [9.17, 15) is 9.59 Å². The first-order valence-electron chi connectivity index (χ1n) is 8.75. The molecule has 2 atom stereocenters. The lowest BCUT2D eigenvalue weighted by Gasteiger charge is -2.28. The summed E-state index contributed by atoms with van der Waals surface area (Å²) in [4.78, 5) is 26.9. The third kappa shape index (κ3) is 4.64. The zero-order valence-corrected chi connectivity index (χ0v) is 15.6. The average molecular weight is 367 g/mol. The number of hydrogen-bond donors (Lipinski definition) is 3. The van der Waals surface area contributed by atoms with E-state index in [1.54, 1.807) is 12.1 Å². The van der Waals surface area contributed by atoms with Crippen LogP contribution < -0.4 is 16.0 Å². The third-order valence-electron chi connectivity index (χ3n) is 4.68. The zero-order chi connectivity index (χ0) is 17.1. The third-order valence-corrected chi connectivity index (χ3v) is 4.68. The highest BCUT2D eigenvalue weighted by Gasteiger charge is 2.38. The molecule has 7 heteroatoms. The Morgan fingerprint density at radius 2 is 1.96 bits per heavy atom. The predicted molar refractivity (Wildman–Crippen MR) is 101 cm³/mol. The van der Waals surface area contributed by atoms with Crippen LogP contribution in [0.5, 0.6) is 0 Å². The van der Waals surface area contributed by atoms with Gasteiger partial charge in [-0.05, 0) is 57.9 Å². The number of urea groups is 1. The second-order valence-electron chi connectivity index (χ2n) is 6.92. The first-order chi connectivity index (χ1) is 11.5. The molecule has 2 unspecified atom stereocenters. The van der Waals surface area contributed by atoms with Crippen molar-refractivity contribution in [2.75, 3.05) is 18.4 Å². The fourth-order valence-corrected chi connectivity index (χ4v) is 3.62. The van der Waals surface area contributed by atoms with Crippen molar-refractivity contribution in [3.05, 3.63) is 29.8 Å². The highest BCUT2D eigenvalue weighted by Crippen LogP contribution is 2.30. The lowest BCUT2D eigenvalue weighted by Crippen LogP contribution is -2.42. The molecule has 2 heterocycles. The normalized spacial score (nSPS) is 22.1. The summed E-state index contributed by atoms with van der Waals surface area (Å²) >= 11 is 0. The standard InChI is InChI=1S/C18H26N4O2.ClH/c1-12(2)20-18(24)21-14-5-3-4-13(10-14)17(23)22-15-6-7-16(22)11-19-9-8-15;/h3-5,10,12,15-16,19H,6-9,11H2,1-2H3,(H2,20,21,24);1H. The minimum atomic E-state index is -0.256. The smallest absolute Gasteiger partial charge is 0.319 e. The maximum absolute atomic E-state index is 13.0. The molecule has 0 saturated carbocycles. The van der Waals surface area contributed by atoms with Crippen molar-refractivity contribution < 1.29 is 9.59 Å². The Morgan fingerprint density at radius 3 is 2.72 bits per heavy atom. The van der Waals surface area contributed by atoms with Crippen molar-refractivity contribution in [1.82, 2.24) is 15.5 Å². The highest BCUT2D eigenvalue weighted by molar-refractivity contribution is 5.97. The molecule has 3 amide bonds. The molecule has 25 heavy (non-hydrogen) atoms. The summed E-state index contributed by atoms with van der Waals surface area (Å²) < 4.78 is 0. The fraction of sp³-hybridized carbons (Fsp3) is 0.556. The fourth-order valence-electron chi connectivity index (χ4n) is 3.62. The van der Waals surface area contributed by atoms with Crippen molar-refractivity contribution in [3.63, 3.8) is 0 Å². The second-order valence-corrected chi connectivity index (χ2v) is 6.92. The zero-order valence-electron chi connectivity index (χ0n) is 14.7. The summed E-state index contributed by atoms with van der Waals surface area (Å²) in [6.45, 7) is 5.66. The molecule has 0 radical (unpaired) electrons. The van der Waals surface area contributed by atoms with Gasteiger partial charge in [0, 0.05) is 35.9 Å². The summed E-state index contributed by atoms with van der Waals surface area (Å²) in [5, 5.41) is 8.98. The van der Waals surface area contributed by atoms with E-state index in [0.717, 1.165) is 32.4 Å². The van der Waals surface area contributed by atoms with Gasteiger partial charge < -0.3 is 20.9 Å². The molecule has 0 spiro atoms. The van der Waals surface area contributed by atoms with Gasteiger partial charge in [0.15, 0.2) is 0 Å². The van der Waals surface area contributed by atoms with Crippen LogP contribution >= 0.6 is 12.4 Å². The van der Waals surface area contributed by atoms with Crippen LogP contribution in [0.1, 0.15) is 43.5 Å². The number of hydrogen-bond acceptors (Lipinski definition) is 3. The molecule has 2 bridgehead atoms. The molecule has 3 rings (SSSR count). The van der Waals surface area contributed by atoms with Crippen molar-refractivity contribution >= 4 is 30.0 Å². The topological polar surface area (TPSA) is 73.5 Å². The molecule has 0 aliphatic carbocycles. The Labute approximate surface area is 155 Å². The van der Waals surface area contributed by atoms with E-state index in [2.05, 4.69) is 16.0 Å². The summed E-state index contributed by atoms with van der Waals surface area (Å²) in [6, 6.07) is 7.63. The molecule has 2 saturated heterocycles. The van der Waals surface area contributed by atoms with E-state index >= 15 is 0 Å². The second kappa shape index (κ2) is 8.54. The van der Waals surface area contributed by atoms with Crippen LogP contribution in [0, 0.1) is 0 Å². The number of halogens is 1. The maximum atomic E-state index is 13.0. The van der Waals surface area contributed by atoms with Gasteiger partial charge in [0.2, 0.25) is 0 Å². The number of anilines is 1. The van der Waals surface area contributed by atoms with Gasteiger partial charge in [-0.1, -0.05) is 6.07 Å². The molecule has 1 aromatic rings. The van der Waals surface area contributed by atoms with Crippen LogP contribution in [0.15, 0.2) is 24.3 Å². The number of rotatable bonds is 3. The molecule has 2 aliphatic rings. The molecular weight excluding hydrogens is 340 g/mol. The quantitative estimate of drug-likeness (QED) is 0.769. The van der Waals surface area contributed by atoms with E-state index in [4.69, 9.17) is 0 Å². The minimum absolute atomic E-state index is 0. The number of nitrogens with zero attached hydrogens (tertiary/aromatic N) is 1. The Morgan fingerprint density at radius 1 is 1.20 bits per heavy atom. The van der Waals surface area contributed by atoms with E-state index in [1.807, 2.05) is 30.9 Å². The Balaban J connectivity index is 0.00000225. The van der Waals surface area contributed by atoms with Crippen molar-refractivity contribution in [2.45, 2.75) is 51.2 Å². The maximum Gasteiger partial charge on any atom is 0.319 e. The molecule has 1 aromatic carbocycles. The van der Waals surface area contributed by atoms with Crippen LogP contribution in [0.4, 0.5) is 10.5 Å². The summed E-state index contributed by atoms with van der Waals surface area (Å²) in [6.07, 6.45) is 3.17. The number of fused-ring (bicyclic) bond motifs is 2. The Kier molecular flexibility index (Phi) is 6.67. The largest absolute Gasteiger partial charge is 0.336 e. The summed E-state index contributed by atoms with van der Waals surface area (Å²) in [5.41, 5.74) is 1.27. The van der Waals surface area contributed by atoms with Gasteiger partial charge >= 0.3 is 6.03 Å². The van der Waals surface area contributed by atoms with Crippen molar-refractivity contribution in [1.29, 1.82) is 0 Å². The van der Waals surface area contributed by atoms with Crippen LogP contribution in [0.3, 0.4) is 0 Å². The van der Waals surface area contributed by atoms with Crippen LogP contribution in [0.2, 0.25) is 0 Å². The minimum Gasteiger partial charge on any atom is -0.336 e. The predicted octanol–water partition coefficient (Wildman–Crippen LogP) is 2.60. The van der Waals surface area contributed by atoms with Crippen LogP contribution in [-0.4, -0.2) is 48.1 Å². The van der Waals surface area contributed by atoms with E-state index in [-0.39, 0.29) is 36.4 Å². The summed E-state index contributed by atoms with van der Waals surface area (Å²) in [5.74, 6) is 0.0686. The van der Waals surface area contributed by atoms with Gasteiger partial charge in [-0.15, -0.1) is 12.4 Å². The van der Waals surface area contributed by atoms with Gasteiger partial charge in [0.1, 0.15) is 0 Å².